The van der Waals surface area contributed by atoms with E-state index in [4.69, 9.17) is 4.74 Å². The van der Waals surface area contributed by atoms with Crippen LogP contribution in [0.5, 0.6) is 0 Å². The highest BCUT2D eigenvalue weighted by Gasteiger charge is 2.37. The van der Waals surface area contributed by atoms with Gasteiger partial charge < -0.3 is 19.4 Å². The Morgan fingerprint density at radius 3 is 2.10 bits per heavy atom. The van der Waals surface area contributed by atoms with Crippen LogP contribution in [0.15, 0.2) is 29.2 Å². The summed E-state index contributed by atoms with van der Waals surface area (Å²) in [4.78, 5) is 31.5. The minimum absolute atomic E-state index is 0.00269. The zero-order chi connectivity index (χ0) is 22.8. The van der Waals surface area contributed by atoms with E-state index >= 15 is 0 Å². The summed E-state index contributed by atoms with van der Waals surface area (Å²) < 4.78 is 33.2. The maximum atomic E-state index is 13.4. The molecule has 31 heavy (non-hydrogen) atoms. The Labute approximate surface area is 184 Å². The zero-order valence-corrected chi connectivity index (χ0v) is 19.5. The number of likely N-dealkylation sites (N-methyl/N-ethyl adjacent to an activating group) is 1. The van der Waals surface area contributed by atoms with Crippen LogP contribution in [-0.2, 0) is 19.6 Å². The van der Waals surface area contributed by atoms with Crippen LogP contribution in [0.3, 0.4) is 0 Å². The molecular weight excluding hydrogens is 420 g/mol. The lowest BCUT2D eigenvalue weighted by Gasteiger charge is -2.38. The number of carbonyl (C=O) groups is 2. The minimum Gasteiger partial charge on any atom is -0.372 e. The van der Waals surface area contributed by atoms with Gasteiger partial charge in [-0.05, 0) is 40.0 Å². The van der Waals surface area contributed by atoms with Crippen molar-refractivity contribution in [2.24, 2.45) is 0 Å². The van der Waals surface area contributed by atoms with Crippen LogP contribution in [0.2, 0.25) is 0 Å². The number of ether oxygens (including phenoxy) is 1. The summed E-state index contributed by atoms with van der Waals surface area (Å²) in [7, 11) is -2.24. The van der Waals surface area contributed by atoms with Crippen molar-refractivity contribution in [1.29, 1.82) is 0 Å². The van der Waals surface area contributed by atoms with Crippen LogP contribution in [-0.4, -0.2) is 104 Å². The quantitative estimate of drug-likeness (QED) is 0.677. The van der Waals surface area contributed by atoms with Gasteiger partial charge in [0.2, 0.25) is 5.91 Å². The lowest BCUT2D eigenvalue weighted by molar-refractivity contribution is -0.143. The molecule has 172 valence electrons. The van der Waals surface area contributed by atoms with Crippen molar-refractivity contribution in [3.05, 3.63) is 29.8 Å². The molecule has 2 aliphatic heterocycles. The monoisotopic (exact) mass is 452 g/mol. The first kappa shape index (κ1) is 23.5. The maximum absolute atomic E-state index is 13.4. The Balaban J connectivity index is 1.87. The molecule has 3 rings (SSSR count). The Hall–Kier alpha value is -2.17. The number of urea groups is 1. The highest BCUT2D eigenvalue weighted by Crippen LogP contribution is 2.20. The predicted molar refractivity (Wildman–Crippen MR) is 116 cm³/mol. The van der Waals surface area contributed by atoms with Gasteiger partial charge in [0, 0.05) is 39.3 Å². The summed E-state index contributed by atoms with van der Waals surface area (Å²) in [5.74, 6) is -0.403. The molecule has 0 unspecified atom stereocenters. The van der Waals surface area contributed by atoms with E-state index in [0.29, 0.717) is 39.3 Å². The standard InChI is InChI=1S/C21H32N4O5S/c1-16-5-7-19(8-6-16)31(28,29)25(21(27)23-11-9-22(4)10-12-23)15-20(26)24-13-17(2)30-18(3)14-24/h5-8,17-18H,9-15H2,1-4H3/t17-,18-/m0/s1. The van der Waals surface area contributed by atoms with Gasteiger partial charge in [0.15, 0.2) is 0 Å². The smallest absolute Gasteiger partial charge is 0.334 e. The van der Waals surface area contributed by atoms with Gasteiger partial charge in [-0.15, -0.1) is 0 Å². The van der Waals surface area contributed by atoms with Gasteiger partial charge in [-0.3, -0.25) is 4.79 Å². The molecule has 2 saturated heterocycles. The van der Waals surface area contributed by atoms with Crippen molar-refractivity contribution in [3.63, 3.8) is 0 Å². The van der Waals surface area contributed by atoms with E-state index in [9.17, 15) is 18.0 Å². The van der Waals surface area contributed by atoms with E-state index in [1.807, 2.05) is 27.8 Å². The van der Waals surface area contributed by atoms with Gasteiger partial charge in [-0.2, -0.15) is 0 Å². The number of sulfonamides is 1. The van der Waals surface area contributed by atoms with Crippen molar-refractivity contribution < 1.29 is 22.7 Å². The number of aryl methyl sites for hydroxylation is 1. The zero-order valence-electron chi connectivity index (χ0n) is 18.7. The van der Waals surface area contributed by atoms with Crippen LogP contribution >= 0.6 is 0 Å². The van der Waals surface area contributed by atoms with Crippen LogP contribution in [0.1, 0.15) is 19.4 Å². The van der Waals surface area contributed by atoms with Crippen LogP contribution in [0.4, 0.5) is 4.79 Å². The highest BCUT2D eigenvalue weighted by molar-refractivity contribution is 7.89. The number of piperazine rings is 1. The summed E-state index contributed by atoms with van der Waals surface area (Å²) in [5, 5.41) is 0. The van der Waals surface area contributed by atoms with Gasteiger partial charge in [0.05, 0.1) is 17.1 Å². The largest absolute Gasteiger partial charge is 0.372 e. The van der Waals surface area contributed by atoms with E-state index in [-0.39, 0.29) is 17.1 Å². The second kappa shape index (κ2) is 9.54. The first-order chi connectivity index (χ1) is 14.6. The third kappa shape index (κ3) is 5.55. The topological polar surface area (TPSA) is 90.5 Å². The molecule has 0 radical (unpaired) electrons. The van der Waals surface area contributed by atoms with Gasteiger partial charge >= 0.3 is 6.03 Å². The van der Waals surface area contributed by atoms with E-state index in [0.717, 1.165) is 9.87 Å². The molecule has 0 bridgehead atoms. The summed E-state index contributed by atoms with van der Waals surface area (Å²) in [6.07, 6.45) is -0.300. The molecule has 10 heteroatoms. The molecule has 0 saturated carbocycles. The Morgan fingerprint density at radius 2 is 1.55 bits per heavy atom. The molecule has 2 atom stereocenters. The second-order valence-corrected chi connectivity index (χ2v) is 10.3. The number of morpholine rings is 1. The fourth-order valence-corrected chi connectivity index (χ4v) is 5.19. The van der Waals surface area contributed by atoms with Crippen LogP contribution < -0.4 is 0 Å². The molecule has 1 aromatic rings. The van der Waals surface area contributed by atoms with E-state index < -0.39 is 28.5 Å². The molecule has 2 fully saturated rings. The van der Waals surface area contributed by atoms with E-state index in [1.54, 1.807) is 17.0 Å². The van der Waals surface area contributed by atoms with Crippen LogP contribution in [0.25, 0.3) is 0 Å². The molecule has 9 nitrogen and oxygen atoms in total. The minimum atomic E-state index is -4.19. The lowest BCUT2D eigenvalue weighted by atomic mass is 10.2. The molecule has 0 aliphatic carbocycles. The number of benzene rings is 1. The molecule has 0 spiro atoms. The Bertz CT molecular complexity index is 887. The second-order valence-electron chi connectivity index (χ2n) is 8.45. The molecular formula is C21H32N4O5S. The number of amides is 3. The molecule has 2 heterocycles. The third-order valence-corrected chi connectivity index (χ3v) is 7.38. The van der Waals surface area contributed by atoms with Crippen molar-refractivity contribution >= 4 is 22.0 Å². The van der Waals surface area contributed by atoms with E-state index in [2.05, 4.69) is 4.90 Å². The van der Waals surface area contributed by atoms with Gasteiger partial charge in [0.25, 0.3) is 10.0 Å². The molecule has 0 aromatic heterocycles. The van der Waals surface area contributed by atoms with Gasteiger partial charge in [0.1, 0.15) is 6.54 Å². The van der Waals surface area contributed by atoms with Gasteiger partial charge in [-0.25, -0.2) is 17.5 Å². The first-order valence-electron chi connectivity index (χ1n) is 10.6. The molecule has 1 aromatic carbocycles. The number of rotatable bonds is 4. The Kier molecular flexibility index (Phi) is 7.23. The fraction of sp³-hybridized carbons (Fsp3) is 0.619. The number of hydrogen-bond donors (Lipinski definition) is 0. The number of hydrogen-bond acceptors (Lipinski definition) is 6. The third-order valence-electron chi connectivity index (χ3n) is 5.65. The SMILES string of the molecule is Cc1ccc(S(=O)(=O)N(CC(=O)N2C[C@H](C)O[C@@H](C)C2)C(=O)N2CCN(C)CC2)cc1. The number of nitrogens with zero attached hydrogens (tertiary/aromatic N) is 4. The molecule has 0 N–H and O–H groups in total. The summed E-state index contributed by atoms with van der Waals surface area (Å²) in [6.45, 7) is 7.92. The van der Waals surface area contributed by atoms with Crippen LogP contribution in [0, 0.1) is 6.92 Å². The van der Waals surface area contributed by atoms with Crippen molar-refractivity contribution in [3.8, 4) is 0 Å². The summed E-state index contributed by atoms with van der Waals surface area (Å²) in [6, 6.07) is 5.64. The Morgan fingerprint density at radius 1 is 1.00 bits per heavy atom. The average Bonchev–Trinajstić information content (AvgIpc) is 2.71. The molecule has 3 amide bonds. The summed E-state index contributed by atoms with van der Waals surface area (Å²) in [5.41, 5.74) is 0.906. The van der Waals surface area contributed by atoms with E-state index in [1.165, 1.54) is 17.0 Å². The average molecular weight is 453 g/mol. The van der Waals surface area contributed by atoms with Crippen molar-refractivity contribution in [2.45, 2.75) is 37.9 Å². The first-order valence-corrected chi connectivity index (χ1v) is 12.0. The normalized spacial score (nSPS) is 23.0. The fourth-order valence-electron chi connectivity index (χ4n) is 3.85. The predicted octanol–water partition coefficient (Wildman–Crippen LogP) is 0.989. The summed E-state index contributed by atoms with van der Waals surface area (Å²) >= 11 is 0. The molecule has 2 aliphatic rings. The lowest BCUT2D eigenvalue weighted by Crippen LogP contribution is -2.56. The maximum Gasteiger partial charge on any atom is 0.334 e. The van der Waals surface area contributed by atoms with Crippen molar-refractivity contribution in [2.75, 3.05) is 52.9 Å². The van der Waals surface area contributed by atoms with Crippen molar-refractivity contribution in [1.82, 2.24) is 19.0 Å². The van der Waals surface area contributed by atoms with Gasteiger partial charge in [-0.1, -0.05) is 17.7 Å². The highest BCUT2D eigenvalue weighted by atomic mass is 32.2. The number of carbonyl (C=O) groups excluding carboxylic acids is 2.